The van der Waals surface area contributed by atoms with Gasteiger partial charge in [-0.05, 0) is 36.5 Å². The van der Waals surface area contributed by atoms with E-state index in [2.05, 4.69) is 6.92 Å². The minimum absolute atomic E-state index is 0.164. The van der Waals surface area contributed by atoms with E-state index in [0.717, 1.165) is 18.4 Å². The molecule has 1 aromatic rings. The van der Waals surface area contributed by atoms with E-state index in [-0.39, 0.29) is 17.8 Å². The molecular weight excluding hydrogens is 217 g/mol. The van der Waals surface area contributed by atoms with Crippen LogP contribution in [0.15, 0.2) is 24.3 Å². The van der Waals surface area contributed by atoms with Crippen LogP contribution in [0.1, 0.15) is 44.6 Å². The van der Waals surface area contributed by atoms with Gasteiger partial charge in [-0.2, -0.15) is 0 Å². The van der Waals surface area contributed by atoms with Gasteiger partial charge in [-0.3, -0.25) is 0 Å². The predicted molar refractivity (Wildman–Crippen MR) is 68.3 cm³/mol. The summed E-state index contributed by atoms with van der Waals surface area (Å²) in [6.45, 7) is 4.07. The van der Waals surface area contributed by atoms with Crippen molar-refractivity contribution >= 4 is 0 Å². The molecule has 0 fully saturated rings. The Labute approximate surface area is 103 Å². The molecule has 0 amide bonds. The van der Waals surface area contributed by atoms with Gasteiger partial charge in [0.05, 0.1) is 6.10 Å². The van der Waals surface area contributed by atoms with Crippen LogP contribution in [-0.2, 0) is 0 Å². The second-order valence-corrected chi connectivity index (χ2v) is 4.71. The molecule has 3 heteroatoms. The number of hydrogen-bond donors (Lipinski definition) is 2. The Morgan fingerprint density at radius 1 is 1.29 bits per heavy atom. The van der Waals surface area contributed by atoms with E-state index in [1.807, 2.05) is 6.92 Å². The predicted octanol–water partition coefficient (Wildman–Crippen LogP) is 2.81. The zero-order valence-electron chi connectivity index (χ0n) is 10.6. The first-order valence-corrected chi connectivity index (χ1v) is 6.23. The number of aliphatic hydroxyl groups excluding tert-OH is 1. The Balaban J connectivity index is 2.53. The fraction of sp³-hybridized carbons (Fsp3) is 0.571. The van der Waals surface area contributed by atoms with Crippen molar-refractivity contribution in [2.75, 3.05) is 0 Å². The Bertz CT molecular complexity index is 325. The third-order valence-electron chi connectivity index (χ3n) is 3.15. The van der Waals surface area contributed by atoms with Crippen LogP contribution in [0.25, 0.3) is 0 Å². The number of halogens is 1. The van der Waals surface area contributed by atoms with Crippen LogP contribution in [-0.4, -0.2) is 17.3 Å². The molecule has 0 aliphatic carbocycles. The highest BCUT2D eigenvalue weighted by atomic mass is 19.1. The van der Waals surface area contributed by atoms with Crippen molar-refractivity contribution in [3.63, 3.8) is 0 Å². The zero-order valence-corrected chi connectivity index (χ0v) is 10.6. The Kier molecular flexibility index (Phi) is 5.59. The first-order chi connectivity index (χ1) is 8.04. The summed E-state index contributed by atoms with van der Waals surface area (Å²) in [6.07, 6.45) is 1.93. The van der Waals surface area contributed by atoms with Crippen LogP contribution >= 0.6 is 0 Å². The maximum Gasteiger partial charge on any atom is 0.123 e. The quantitative estimate of drug-likeness (QED) is 0.802. The first kappa shape index (κ1) is 14.1. The molecular formula is C14H22FNO. The fourth-order valence-corrected chi connectivity index (χ4v) is 1.99. The molecule has 2 nitrogen and oxygen atoms in total. The molecule has 96 valence electrons. The molecule has 3 unspecified atom stereocenters. The van der Waals surface area contributed by atoms with Crippen molar-refractivity contribution in [3.05, 3.63) is 35.6 Å². The number of rotatable bonds is 6. The van der Waals surface area contributed by atoms with Crippen molar-refractivity contribution < 1.29 is 9.50 Å². The normalized spacial score (nSPS) is 16.5. The fourth-order valence-electron chi connectivity index (χ4n) is 1.99. The summed E-state index contributed by atoms with van der Waals surface area (Å²) in [5.74, 6) is -0.0438. The number of aliphatic hydroxyl groups is 1. The van der Waals surface area contributed by atoms with Crippen LogP contribution in [0, 0.1) is 5.82 Å². The molecule has 0 aliphatic heterocycles. The van der Waals surface area contributed by atoms with E-state index in [0.29, 0.717) is 6.42 Å². The maximum absolute atomic E-state index is 12.8. The van der Waals surface area contributed by atoms with Crippen molar-refractivity contribution in [2.45, 2.75) is 51.2 Å². The van der Waals surface area contributed by atoms with Crippen molar-refractivity contribution in [1.29, 1.82) is 0 Å². The van der Waals surface area contributed by atoms with E-state index in [1.54, 1.807) is 12.1 Å². The molecule has 0 saturated carbocycles. The summed E-state index contributed by atoms with van der Waals surface area (Å²) >= 11 is 0. The molecule has 0 bridgehead atoms. The van der Waals surface area contributed by atoms with Crippen molar-refractivity contribution in [2.24, 2.45) is 5.73 Å². The molecule has 17 heavy (non-hydrogen) atoms. The average Bonchev–Trinajstić information content (AvgIpc) is 2.30. The SMILES string of the molecule is CCCC(N)C(O)CC(C)c1ccc(F)cc1. The molecule has 0 saturated heterocycles. The molecule has 0 aliphatic rings. The van der Waals surface area contributed by atoms with E-state index >= 15 is 0 Å². The van der Waals surface area contributed by atoms with Gasteiger partial charge in [0.15, 0.2) is 0 Å². The lowest BCUT2D eigenvalue weighted by Crippen LogP contribution is -2.35. The summed E-state index contributed by atoms with van der Waals surface area (Å²) in [5.41, 5.74) is 6.90. The van der Waals surface area contributed by atoms with E-state index in [9.17, 15) is 9.50 Å². The smallest absolute Gasteiger partial charge is 0.123 e. The minimum Gasteiger partial charge on any atom is -0.391 e. The van der Waals surface area contributed by atoms with E-state index < -0.39 is 6.10 Å². The summed E-state index contributed by atoms with van der Waals surface area (Å²) in [6, 6.07) is 6.26. The van der Waals surface area contributed by atoms with Crippen molar-refractivity contribution in [3.8, 4) is 0 Å². The third-order valence-corrected chi connectivity index (χ3v) is 3.15. The lowest BCUT2D eigenvalue weighted by atomic mass is 9.91. The Hall–Kier alpha value is -0.930. The molecule has 0 spiro atoms. The molecule has 3 atom stereocenters. The molecule has 0 radical (unpaired) electrons. The highest BCUT2D eigenvalue weighted by Gasteiger charge is 2.18. The van der Waals surface area contributed by atoms with Gasteiger partial charge in [0, 0.05) is 6.04 Å². The number of hydrogen-bond acceptors (Lipinski definition) is 2. The van der Waals surface area contributed by atoms with Gasteiger partial charge < -0.3 is 10.8 Å². The van der Waals surface area contributed by atoms with Gasteiger partial charge in [0.1, 0.15) is 5.82 Å². The largest absolute Gasteiger partial charge is 0.391 e. The minimum atomic E-state index is -0.491. The molecule has 1 rings (SSSR count). The Morgan fingerprint density at radius 2 is 1.88 bits per heavy atom. The lowest BCUT2D eigenvalue weighted by molar-refractivity contribution is 0.124. The number of benzene rings is 1. The molecule has 0 aromatic heterocycles. The topological polar surface area (TPSA) is 46.2 Å². The second kappa shape index (κ2) is 6.72. The molecule has 3 N–H and O–H groups in total. The monoisotopic (exact) mass is 239 g/mol. The third kappa shape index (κ3) is 4.44. The highest BCUT2D eigenvalue weighted by Crippen LogP contribution is 2.22. The molecule has 0 heterocycles. The summed E-state index contributed by atoms with van der Waals surface area (Å²) < 4.78 is 12.8. The van der Waals surface area contributed by atoms with Gasteiger partial charge >= 0.3 is 0 Å². The van der Waals surface area contributed by atoms with Gasteiger partial charge in [0.25, 0.3) is 0 Å². The van der Waals surface area contributed by atoms with Crippen LogP contribution in [0.3, 0.4) is 0 Å². The van der Waals surface area contributed by atoms with Crippen molar-refractivity contribution in [1.82, 2.24) is 0 Å². The van der Waals surface area contributed by atoms with Crippen LogP contribution in [0.5, 0.6) is 0 Å². The summed E-state index contributed by atoms with van der Waals surface area (Å²) in [7, 11) is 0. The van der Waals surface area contributed by atoms with Crippen LogP contribution in [0.2, 0.25) is 0 Å². The van der Waals surface area contributed by atoms with E-state index in [1.165, 1.54) is 12.1 Å². The highest BCUT2D eigenvalue weighted by molar-refractivity contribution is 5.19. The molecule has 1 aromatic carbocycles. The zero-order chi connectivity index (χ0) is 12.8. The summed E-state index contributed by atoms with van der Waals surface area (Å²) in [5, 5.41) is 9.94. The Morgan fingerprint density at radius 3 is 2.41 bits per heavy atom. The van der Waals surface area contributed by atoms with Gasteiger partial charge in [-0.1, -0.05) is 32.4 Å². The maximum atomic E-state index is 12.8. The van der Waals surface area contributed by atoms with E-state index in [4.69, 9.17) is 5.73 Å². The van der Waals surface area contributed by atoms with Crippen LogP contribution < -0.4 is 5.73 Å². The van der Waals surface area contributed by atoms with Gasteiger partial charge in [-0.15, -0.1) is 0 Å². The van der Waals surface area contributed by atoms with Gasteiger partial charge in [-0.25, -0.2) is 4.39 Å². The second-order valence-electron chi connectivity index (χ2n) is 4.71. The standard InChI is InChI=1S/C14H22FNO/c1-3-4-13(16)14(17)9-10(2)11-5-7-12(15)8-6-11/h5-8,10,13-14,17H,3-4,9,16H2,1-2H3. The first-order valence-electron chi connectivity index (χ1n) is 6.23. The van der Waals surface area contributed by atoms with Crippen LogP contribution in [0.4, 0.5) is 4.39 Å². The summed E-state index contributed by atoms with van der Waals surface area (Å²) in [4.78, 5) is 0. The number of nitrogens with two attached hydrogens (primary N) is 1. The van der Waals surface area contributed by atoms with Gasteiger partial charge in [0.2, 0.25) is 0 Å². The average molecular weight is 239 g/mol. The lowest BCUT2D eigenvalue weighted by Gasteiger charge is -2.22.